The first-order chi connectivity index (χ1) is 16.9. The minimum atomic E-state index is -1.22. The first-order valence-corrected chi connectivity index (χ1v) is 11.5. The molecule has 4 rings (SSSR count). The first-order valence-electron chi connectivity index (χ1n) is 11.5. The van der Waals surface area contributed by atoms with Crippen LogP contribution in [0.1, 0.15) is 51.1 Å². The third kappa shape index (κ3) is 5.06. The zero-order valence-electron chi connectivity index (χ0n) is 19.7. The summed E-state index contributed by atoms with van der Waals surface area (Å²) in [6.45, 7) is 2.00. The van der Waals surface area contributed by atoms with Crippen LogP contribution in [0.5, 0.6) is 0 Å². The van der Waals surface area contributed by atoms with Crippen LogP contribution in [0.25, 0.3) is 11.1 Å². The Bertz CT molecular complexity index is 1180. The second-order valence-electron chi connectivity index (χ2n) is 8.56. The van der Waals surface area contributed by atoms with Crippen LogP contribution >= 0.6 is 0 Å². The molecule has 0 heterocycles. The van der Waals surface area contributed by atoms with Gasteiger partial charge in [0.15, 0.2) is 0 Å². The van der Waals surface area contributed by atoms with Gasteiger partial charge in [-0.25, -0.2) is 9.59 Å². The van der Waals surface area contributed by atoms with Crippen LogP contribution in [-0.4, -0.2) is 48.6 Å². The lowest BCUT2D eigenvalue weighted by molar-refractivity contribution is 0.0132. The third-order valence-corrected chi connectivity index (χ3v) is 6.52. The van der Waals surface area contributed by atoms with Crippen LogP contribution in [0.3, 0.4) is 0 Å². The molecule has 35 heavy (non-hydrogen) atoms. The second-order valence-corrected chi connectivity index (χ2v) is 8.56. The molecule has 0 spiro atoms. The summed E-state index contributed by atoms with van der Waals surface area (Å²) in [4.78, 5) is 24.2. The average molecular weight is 476 g/mol. The summed E-state index contributed by atoms with van der Waals surface area (Å²) in [6.07, 6.45) is -2.84. The SMILES string of the molecule is COC(=O)c1cccc(C(O)C(O)CCNC(=O)OCC2c3ccccc3-c3ccccc32)c1C. The van der Waals surface area contributed by atoms with Gasteiger partial charge in [0.2, 0.25) is 0 Å². The number of ether oxygens (including phenoxy) is 2. The Morgan fingerprint density at radius 1 is 0.943 bits per heavy atom. The van der Waals surface area contributed by atoms with Gasteiger partial charge in [0.1, 0.15) is 12.7 Å². The van der Waals surface area contributed by atoms with Gasteiger partial charge in [-0.1, -0.05) is 60.7 Å². The highest BCUT2D eigenvalue weighted by atomic mass is 16.5. The molecule has 0 saturated heterocycles. The highest BCUT2D eigenvalue weighted by Crippen LogP contribution is 2.44. The number of hydrogen-bond donors (Lipinski definition) is 3. The Balaban J connectivity index is 1.30. The molecule has 0 fully saturated rings. The molecule has 0 saturated carbocycles. The van der Waals surface area contributed by atoms with Crippen molar-refractivity contribution in [2.75, 3.05) is 20.3 Å². The van der Waals surface area contributed by atoms with E-state index in [4.69, 9.17) is 9.47 Å². The van der Waals surface area contributed by atoms with E-state index in [2.05, 4.69) is 29.6 Å². The predicted molar refractivity (Wildman–Crippen MR) is 131 cm³/mol. The lowest BCUT2D eigenvalue weighted by atomic mass is 9.94. The number of aliphatic hydroxyl groups excluding tert-OH is 2. The van der Waals surface area contributed by atoms with E-state index in [1.807, 2.05) is 24.3 Å². The number of esters is 1. The van der Waals surface area contributed by atoms with Gasteiger partial charge >= 0.3 is 12.1 Å². The molecule has 1 aliphatic carbocycles. The van der Waals surface area contributed by atoms with Crippen LogP contribution in [0.15, 0.2) is 66.7 Å². The summed E-state index contributed by atoms with van der Waals surface area (Å²) in [5.41, 5.74) is 5.86. The highest BCUT2D eigenvalue weighted by molar-refractivity contribution is 5.91. The Hall–Kier alpha value is -3.68. The molecule has 7 nitrogen and oxygen atoms in total. The number of hydrogen-bond acceptors (Lipinski definition) is 6. The van der Waals surface area contributed by atoms with Gasteiger partial charge in [-0.15, -0.1) is 0 Å². The number of fused-ring (bicyclic) bond motifs is 3. The maximum absolute atomic E-state index is 12.3. The van der Waals surface area contributed by atoms with E-state index in [0.717, 1.165) is 22.3 Å². The number of carbonyl (C=O) groups excluding carboxylic acids is 2. The number of nitrogens with one attached hydrogen (secondary N) is 1. The van der Waals surface area contributed by atoms with Gasteiger partial charge in [-0.2, -0.15) is 0 Å². The molecule has 182 valence electrons. The predicted octanol–water partition coefficient (Wildman–Crippen LogP) is 4.10. The molecule has 0 aliphatic heterocycles. The maximum atomic E-state index is 12.3. The Morgan fingerprint density at radius 2 is 1.57 bits per heavy atom. The number of rotatable bonds is 8. The minimum Gasteiger partial charge on any atom is -0.465 e. The molecular formula is C28H29NO6. The van der Waals surface area contributed by atoms with Crippen molar-refractivity contribution in [1.29, 1.82) is 0 Å². The Labute approximate surface area is 204 Å². The molecular weight excluding hydrogens is 446 g/mol. The first kappa shape index (κ1) is 24.4. The molecule has 1 amide bonds. The fourth-order valence-electron chi connectivity index (χ4n) is 4.64. The average Bonchev–Trinajstić information content (AvgIpc) is 3.20. The van der Waals surface area contributed by atoms with E-state index in [1.54, 1.807) is 25.1 Å². The van der Waals surface area contributed by atoms with E-state index in [1.165, 1.54) is 7.11 Å². The van der Waals surface area contributed by atoms with Crippen molar-refractivity contribution >= 4 is 12.1 Å². The molecule has 0 aromatic heterocycles. The van der Waals surface area contributed by atoms with Crippen LogP contribution in [0, 0.1) is 6.92 Å². The fourth-order valence-corrected chi connectivity index (χ4v) is 4.64. The van der Waals surface area contributed by atoms with Crippen molar-refractivity contribution in [2.45, 2.75) is 31.5 Å². The lowest BCUT2D eigenvalue weighted by Gasteiger charge is -2.21. The summed E-state index contributed by atoms with van der Waals surface area (Å²) < 4.78 is 10.3. The van der Waals surface area contributed by atoms with Crippen molar-refractivity contribution in [3.05, 3.63) is 94.5 Å². The molecule has 2 atom stereocenters. The Kier molecular flexibility index (Phi) is 7.48. The largest absolute Gasteiger partial charge is 0.465 e. The zero-order valence-corrected chi connectivity index (χ0v) is 19.7. The van der Waals surface area contributed by atoms with Gasteiger partial charge < -0.3 is 25.0 Å². The fraction of sp³-hybridized carbons (Fsp3) is 0.286. The number of methoxy groups -OCH3 is 1. The summed E-state index contributed by atoms with van der Waals surface area (Å²) in [5.74, 6) is -0.548. The summed E-state index contributed by atoms with van der Waals surface area (Å²) >= 11 is 0. The summed E-state index contributed by atoms with van der Waals surface area (Å²) in [7, 11) is 1.29. The molecule has 0 bridgehead atoms. The molecule has 1 aliphatic rings. The van der Waals surface area contributed by atoms with Crippen molar-refractivity contribution in [2.24, 2.45) is 0 Å². The van der Waals surface area contributed by atoms with Crippen molar-refractivity contribution in [3.63, 3.8) is 0 Å². The number of amides is 1. The normalized spacial score (nSPS) is 13.9. The monoisotopic (exact) mass is 475 g/mol. The van der Waals surface area contributed by atoms with E-state index >= 15 is 0 Å². The zero-order chi connectivity index (χ0) is 24.9. The molecule has 3 aromatic rings. The van der Waals surface area contributed by atoms with E-state index in [-0.39, 0.29) is 25.5 Å². The van der Waals surface area contributed by atoms with Crippen LogP contribution in [0.2, 0.25) is 0 Å². The topological polar surface area (TPSA) is 105 Å². The Morgan fingerprint density at radius 3 is 2.20 bits per heavy atom. The molecule has 0 radical (unpaired) electrons. The number of carbonyl (C=O) groups is 2. The third-order valence-electron chi connectivity index (χ3n) is 6.52. The molecule has 2 unspecified atom stereocenters. The van der Waals surface area contributed by atoms with Crippen molar-refractivity contribution in [3.8, 4) is 11.1 Å². The van der Waals surface area contributed by atoms with Crippen molar-refractivity contribution in [1.82, 2.24) is 5.32 Å². The van der Waals surface area contributed by atoms with Crippen LogP contribution < -0.4 is 5.32 Å². The van der Waals surface area contributed by atoms with Gasteiger partial charge in [0, 0.05) is 12.5 Å². The number of benzene rings is 3. The summed E-state index contributed by atoms with van der Waals surface area (Å²) in [5, 5.41) is 23.7. The van der Waals surface area contributed by atoms with Gasteiger partial charge in [-0.3, -0.25) is 0 Å². The van der Waals surface area contributed by atoms with E-state index in [0.29, 0.717) is 16.7 Å². The van der Waals surface area contributed by atoms with Gasteiger partial charge in [0.05, 0.1) is 18.8 Å². The molecule has 7 heteroatoms. The van der Waals surface area contributed by atoms with Gasteiger partial charge in [-0.05, 0) is 52.8 Å². The minimum absolute atomic E-state index is 0.0365. The quantitative estimate of drug-likeness (QED) is 0.424. The van der Waals surface area contributed by atoms with Crippen LogP contribution in [-0.2, 0) is 9.47 Å². The maximum Gasteiger partial charge on any atom is 0.407 e. The number of alkyl carbamates (subject to hydrolysis) is 1. The van der Waals surface area contributed by atoms with Crippen LogP contribution in [0.4, 0.5) is 4.79 Å². The van der Waals surface area contributed by atoms with Gasteiger partial charge in [0.25, 0.3) is 0 Å². The number of aliphatic hydroxyl groups is 2. The highest BCUT2D eigenvalue weighted by Gasteiger charge is 2.29. The lowest BCUT2D eigenvalue weighted by Crippen LogP contribution is -2.31. The van der Waals surface area contributed by atoms with Crippen molar-refractivity contribution < 1.29 is 29.3 Å². The van der Waals surface area contributed by atoms with E-state index in [9.17, 15) is 19.8 Å². The standard InChI is InChI=1S/C28H29NO6/c1-17-18(12-7-13-19(17)27(32)34-2)26(31)25(30)14-15-29-28(33)35-16-24-22-10-5-3-8-20(22)21-9-4-6-11-23(21)24/h3-13,24-26,30-31H,14-16H2,1-2H3,(H,29,33). The summed E-state index contributed by atoms with van der Waals surface area (Å²) in [6, 6.07) is 21.1. The second kappa shape index (κ2) is 10.7. The smallest absolute Gasteiger partial charge is 0.407 e. The van der Waals surface area contributed by atoms with E-state index < -0.39 is 24.3 Å². The molecule has 3 N–H and O–H groups in total. The molecule has 3 aromatic carbocycles.